The molecular weight excluding hydrogens is 284 g/mol. The Morgan fingerprint density at radius 3 is 2.30 bits per heavy atom. The predicted molar refractivity (Wildman–Crippen MR) is 92.9 cm³/mol. The lowest BCUT2D eigenvalue weighted by Gasteiger charge is -2.61. The normalized spacial score (nSPS) is 57.3. The summed E-state index contributed by atoms with van der Waals surface area (Å²) in [5.74, 6) is 3.87. The minimum absolute atomic E-state index is 0.0374. The van der Waals surface area contributed by atoms with Crippen LogP contribution in [0, 0.1) is 40.4 Å². The molecule has 0 bridgehead atoms. The van der Waals surface area contributed by atoms with Gasteiger partial charge in [-0.25, -0.2) is 0 Å². The highest BCUT2D eigenvalue weighted by Crippen LogP contribution is 2.67. The summed E-state index contributed by atoms with van der Waals surface area (Å²) in [5, 5.41) is 20.4. The number of aliphatic hydroxyl groups excluding tert-OH is 2. The first-order valence-corrected chi connectivity index (χ1v) is 10.2. The van der Waals surface area contributed by atoms with Gasteiger partial charge >= 0.3 is 0 Å². The van der Waals surface area contributed by atoms with Gasteiger partial charge in [-0.2, -0.15) is 0 Å². The largest absolute Gasteiger partial charge is 0.393 e. The Morgan fingerprint density at radius 1 is 0.870 bits per heavy atom. The number of hydrogen-bond donors (Lipinski definition) is 2. The van der Waals surface area contributed by atoms with Gasteiger partial charge in [0.15, 0.2) is 0 Å². The molecule has 7 unspecified atom stereocenters. The van der Waals surface area contributed by atoms with E-state index in [1.165, 1.54) is 44.9 Å². The van der Waals surface area contributed by atoms with Gasteiger partial charge < -0.3 is 10.2 Å². The summed E-state index contributed by atoms with van der Waals surface area (Å²) in [6.45, 7) is 7.08. The van der Waals surface area contributed by atoms with E-state index in [0.717, 1.165) is 36.5 Å². The molecule has 0 aliphatic heterocycles. The van der Waals surface area contributed by atoms with Crippen molar-refractivity contribution < 1.29 is 10.2 Å². The summed E-state index contributed by atoms with van der Waals surface area (Å²) in [6.07, 6.45) is 11.1. The molecule has 2 nitrogen and oxygen atoms in total. The van der Waals surface area contributed by atoms with E-state index in [9.17, 15) is 10.2 Å². The lowest BCUT2D eigenvalue weighted by Crippen LogP contribution is -2.54. The van der Waals surface area contributed by atoms with Crippen molar-refractivity contribution >= 4 is 0 Å². The second-order valence-electron chi connectivity index (χ2n) is 10.1. The Hall–Kier alpha value is -0.0800. The van der Waals surface area contributed by atoms with E-state index < -0.39 is 0 Å². The molecule has 0 aromatic heterocycles. The van der Waals surface area contributed by atoms with Crippen LogP contribution in [0.5, 0.6) is 0 Å². The van der Waals surface area contributed by atoms with E-state index in [1.54, 1.807) is 0 Å². The molecule has 4 saturated carbocycles. The van der Waals surface area contributed by atoms with Gasteiger partial charge in [0, 0.05) is 0 Å². The van der Waals surface area contributed by atoms with Crippen LogP contribution in [0.15, 0.2) is 0 Å². The molecule has 132 valence electrons. The Bertz CT molecular complexity index is 461. The average molecular weight is 321 g/mol. The zero-order valence-corrected chi connectivity index (χ0v) is 15.3. The molecule has 0 aromatic carbocycles. The van der Waals surface area contributed by atoms with Crippen LogP contribution in [0.1, 0.15) is 78.6 Å². The molecule has 4 aliphatic rings. The molecule has 4 aliphatic carbocycles. The minimum Gasteiger partial charge on any atom is -0.393 e. The van der Waals surface area contributed by atoms with Crippen LogP contribution in [-0.2, 0) is 0 Å². The second kappa shape index (κ2) is 5.46. The maximum Gasteiger partial charge on any atom is 0.0545 e. The molecule has 4 fully saturated rings. The predicted octanol–water partition coefficient (Wildman–Crippen LogP) is 4.39. The van der Waals surface area contributed by atoms with Crippen LogP contribution in [-0.4, -0.2) is 22.4 Å². The van der Waals surface area contributed by atoms with Crippen LogP contribution in [0.3, 0.4) is 0 Å². The highest BCUT2D eigenvalue weighted by atomic mass is 16.3. The molecular formula is C21H36O2. The van der Waals surface area contributed by atoms with Crippen molar-refractivity contribution in [1.82, 2.24) is 0 Å². The van der Waals surface area contributed by atoms with Crippen LogP contribution in [0.2, 0.25) is 0 Å². The summed E-state index contributed by atoms with van der Waals surface area (Å²) in [6, 6.07) is 0. The lowest BCUT2D eigenvalue weighted by molar-refractivity contribution is -0.132. The fourth-order valence-corrected chi connectivity index (χ4v) is 8.07. The summed E-state index contributed by atoms with van der Waals surface area (Å²) in [4.78, 5) is 0. The van der Waals surface area contributed by atoms with Crippen molar-refractivity contribution in [3.8, 4) is 0 Å². The van der Waals surface area contributed by atoms with E-state index in [2.05, 4.69) is 13.8 Å². The van der Waals surface area contributed by atoms with Crippen molar-refractivity contribution in [3.63, 3.8) is 0 Å². The van der Waals surface area contributed by atoms with E-state index in [1.807, 2.05) is 6.92 Å². The number of fused-ring (bicyclic) bond motifs is 5. The zero-order chi connectivity index (χ0) is 16.4. The smallest absolute Gasteiger partial charge is 0.0545 e. The van der Waals surface area contributed by atoms with Crippen LogP contribution >= 0.6 is 0 Å². The van der Waals surface area contributed by atoms with E-state index in [-0.39, 0.29) is 12.2 Å². The average Bonchev–Trinajstić information content (AvgIpc) is 2.85. The van der Waals surface area contributed by atoms with Crippen LogP contribution < -0.4 is 0 Å². The Labute approximate surface area is 142 Å². The van der Waals surface area contributed by atoms with E-state index >= 15 is 0 Å². The third kappa shape index (κ3) is 2.27. The van der Waals surface area contributed by atoms with Crippen LogP contribution in [0.4, 0.5) is 0 Å². The first-order valence-electron chi connectivity index (χ1n) is 10.2. The summed E-state index contributed by atoms with van der Waals surface area (Å²) in [7, 11) is 0. The Balaban J connectivity index is 1.60. The summed E-state index contributed by atoms with van der Waals surface area (Å²) in [5.41, 5.74) is 0.860. The molecule has 0 amide bonds. The summed E-state index contributed by atoms with van der Waals surface area (Å²) < 4.78 is 0. The molecule has 9 atom stereocenters. The first kappa shape index (κ1) is 16.4. The van der Waals surface area contributed by atoms with Crippen LogP contribution in [0.25, 0.3) is 0 Å². The Kier molecular flexibility index (Phi) is 3.89. The van der Waals surface area contributed by atoms with Crippen molar-refractivity contribution in [2.24, 2.45) is 40.4 Å². The standard InChI is InChI=1S/C21H36O2/c1-13(22)17-6-7-18-16-5-4-14-12-15(23)8-10-20(14,2)19(16)9-11-21(17,18)3/h13-19,22-23H,4-12H2,1-3H3/t13?,14-,15?,16?,17?,18?,19?,20?,21+/m0/s1. The van der Waals surface area contributed by atoms with Crippen molar-refractivity contribution in [2.45, 2.75) is 90.8 Å². The number of rotatable bonds is 1. The third-order valence-corrected chi connectivity index (χ3v) is 9.29. The van der Waals surface area contributed by atoms with Crippen molar-refractivity contribution in [2.75, 3.05) is 0 Å². The van der Waals surface area contributed by atoms with E-state index in [0.29, 0.717) is 16.7 Å². The number of aliphatic hydroxyl groups is 2. The van der Waals surface area contributed by atoms with Gasteiger partial charge in [0.25, 0.3) is 0 Å². The molecule has 0 heterocycles. The Morgan fingerprint density at radius 2 is 1.57 bits per heavy atom. The van der Waals surface area contributed by atoms with E-state index in [4.69, 9.17) is 0 Å². The highest BCUT2D eigenvalue weighted by molar-refractivity contribution is 5.09. The third-order valence-electron chi connectivity index (χ3n) is 9.29. The molecule has 4 rings (SSSR count). The topological polar surface area (TPSA) is 40.5 Å². The maximum absolute atomic E-state index is 10.3. The van der Waals surface area contributed by atoms with Gasteiger partial charge in [0.2, 0.25) is 0 Å². The maximum atomic E-state index is 10.3. The minimum atomic E-state index is -0.140. The molecule has 23 heavy (non-hydrogen) atoms. The SMILES string of the molecule is CC(O)C1CCC2C3CC[C@H]4CC(O)CCC4(C)C3CC[C@]12C. The van der Waals surface area contributed by atoms with Crippen molar-refractivity contribution in [1.29, 1.82) is 0 Å². The van der Waals surface area contributed by atoms with Gasteiger partial charge in [-0.15, -0.1) is 0 Å². The monoisotopic (exact) mass is 320 g/mol. The molecule has 2 N–H and O–H groups in total. The van der Waals surface area contributed by atoms with Gasteiger partial charge in [-0.05, 0) is 105 Å². The van der Waals surface area contributed by atoms with Gasteiger partial charge in [-0.3, -0.25) is 0 Å². The molecule has 0 radical (unpaired) electrons. The first-order chi connectivity index (χ1) is 10.9. The number of hydrogen-bond acceptors (Lipinski definition) is 2. The van der Waals surface area contributed by atoms with Gasteiger partial charge in [-0.1, -0.05) is 13.8 Å². The lowest BCUT2D eigenvalue weighted by atomic mass is 9.44. The fourth-order valence-electron chi connectivity index (χ4n) is 8.07. The summed E-state index contributed by atoms with van der Waals surface area (Å²) >= 11 is 0. The quantitative estimate of drug-likeness (QED) is 0.752. The highest BCUT2D eigenvalue weighted by Gasteiger charge is 2.60. The molecule has 0 spiro atoms. The van der Waals surface area contributed by atoms with Crippen molar-refractivity contribution in [3.05, 3.63) is 0 Å². The molecule has 0 aromatic rings. The zero-order valence-electron chi connectivity index (χ0n) is 15.3. The molecule has 2 heteroatoms. The molecule has 0 saturated heterocycles. The second-order valence-corrected chi connectivity index (χ2v) is 10.1. The fraction of sp³-hybridized carbons (Fsp3) is 1.00. The van der Waals surface area contributed by atoms with Gasteiger partial charge in [0.1, 0.15) is 0 Å². The van der Waals surface area contributed by atoms with Gasteiger partial charge in [0.05, 0.1) is 12.2 Å².